The fourth-order valence-electron chi connectivity index (χ4n) is 1.48. The second-order valence-corrected chi connectivity index (χ2v) is 4.26. The van der Waals surface area contributed by atoms with Crippen molar-refractivity contribution in [1.82, 2.24) is 10.2 Å². The highest BCUT2D eigenvalue weighted by atomic mass is 16.4. The van der Waals surface area contributed by atoms with Crippen LogP contribution in [-0.4, -0.2) is 58.6 Å². The monoisotopic (exact) mass is 284 g/mol. The van der Waals surface area contributed by atoms with E-state index in [-0.39, 0.29) is 12.3 Å². The predicted octanol–water partition coefficient (Wildman–Crippen LogP) is -0.698. The number of aliphatic hydroxyl groups excluding tert-OH is 1. The minimum Gasteiger partial charge on any atom is -0.480 e. The third-order valence-corrected chi connectivity index (χ3v) is 2.52. The first kappa shape index (κ1) is 15.7. The Kier molecular flexibility index (Phi) is 5.27. The molecule has 8 nitrogen and oxygen atoms in total. The molecule has 0 bridgehead atoms. The summed E-state index contributed by atoms with van der Waals surface area (Å²) in [5, 5.41) is 20.2. The molecule has 0 aliphatic heterocycles. The zero-order chi connectivity index (χ0) is 15.3. The molecule has 0 saturated heterocycles. The number of rotatable bonds is 6. The van der Waals surface area contributed by atoms with Gasteiger partial charge in [-0.15, -0.1) is 0 Å². The Bertz CT molecular complexity index is 482. The van der Waals surface area contributed by atoms with Crippen molar-refractivity contribution in [3.05, 3.63) is 24.2 Å². The molecular weight excluding hydrogens is 268 g/mol. The second kappa shape index (κ2) is 6.71. The topological polar surface area (TPSA) is 120 Å². The van der Waals surface area contributed by atoms with E-state index in [1.165, 1.54) is 32.4 Å². The summed E-state index contributed by atoms with van der Waals surface area (Å²) in [6, 6.07) is 1.57. The van der Waals surface area contributed by atoms with Gasteiger partial charge in [0.1, 0.15) is 0 Å². The summed E-state index contributed by atoms with van der Waals surface area (Å²) in [5.41, 5.74) is 0. The van der Waals surface area contributed by atoms with E-state index >= 15 is 0 Å². The summed E-state index contributed by atoms with van der Waals surface area (Å²) in [4.78, 5) is 35.3. The van der Waals surface area contributed by atoms with Gasteiger partial charge in [0.05, 0.1) is 18.9 Å². The molecule has 0 spiro atoms. The Morgan fingerprint density at radius 1 is 1.45 bits per heavy atom. The van der Waals surface area contributed by atoms with Crippen molar-refractivity contribution in [2.45, 2.75) is 19.1 Å². The van der Waals surface area contributed by atoms with Gasteiger partial charge in [-0.3, -0.25) is 9.59 Å². The number of carboxylic acid groups (broad SMARTS) is 1. The van der Waals surface area contributed by atoms with E-state index < -0.39 is 29.9 Å². The predicted molar refractivity (Wildman–Crippen MR) is 66.9 cm³/mol. The van der Waals surface area contributed by atoms with Gasteiger partial charge in [-0.25, -0.2) is 4.79 Å². The fourth-order valence-corrected chi connectivity index (χ4v) is 1.48. The number of nitrogens with zero attached hydrogens (tertiary/aromatic N) is 1. The number of aliphatic carboxylic acids is 1. The van der Waals surface area contributed by atoms with Crippen molar-refractivity contribution in [3.8, 4) is 0 Å². The number of furan rings is 1. The summed E-state index contributed by atoms with van der Waals surface area (Å²) >= 11 is 0. The van der Waals surface area contributed by atoms with Gasteiger partial charge in [0, 0.05) is 7.05 Å². The average Bonchev–Trinajstić information content (AvgIpc) is 2.87. The van der Waals surface area contributed by atoms with E-state index in [9.17, 15) is 19.5 Å². The van der Waals surface area contributed by atoms with E-state index in [2.05, 4.69) is 5.32 Å². The van der Waals surface area contributed by atoms with Crippen LogP contribution in [0.5, 0.6) is 0 Å². The summed E-state index contributed by atoms with van der Waals surface area (Å²) in [6.45, 7) is 0.896. The number of hydrogen-bond acceptors (Lipinski definition) is 5. The zero-order valence-electron chi connectivity index (χ0n) is 11.1. The van der Waals surface area contributed by atoms with Crippen molar-refractivity contribution in [2.24, 2.45) is 0 Å². The minimum atomic E-state index is -1.42. The standard InChI is InChI=1S/C12H16N2O6/c1-7(15)10(12(18)19)13-9(16)6-14(2)11(17)8-4-3-5-20-8/h3-5,7,10,15H,6H2,1-2H3,(H,13,16)(H,18,19). The van der Waals surface area contributed by atoms with E-state index in [0.717, 1.165) is 4.90 Å². The number of carboxylic acids is 1. The maximum Gasteiger partial charge on any atom is 0.328 e. The van der Waals surface area contributed by atoms with Crippen LogP contribution in [-0.2, 0) is 9.59 Å². The minimum absolute atomic E-state index is 0.0746. The molecule has 0 aliphatic rings. The molecule has 1 aromatic rings. The number of carbonyl (C=O) groups is 3. The van der Waals surface area contributed by atoms with Gasteiger partial charge in [-0.1, -0.05) is 0 Å². The first-order valence-electron chi connectivity index (χ1n) is 5.82. The summed E-state index contributed by atoms with van der Waals surface area (Å²) in [6.07, 6.45) is 0.0808. The molecule has 0 aromatic carbocycles. The van der Waals surface area contributed by atoms with Gasteiger partial charge in [0.25, 0.3) is 5.91 Å². The number of nitrogens with one attached hydrogen (secondary N) is 1. The molecule has 0 fully saturated rings. The molecule has 2 amide bonds. The quantitative estimate of drug-likeness (QED) is 0.635. The highest BCUT2D eigenvalue weighted by Crippen LogP contribution is 2.04. The Labute approximate surface area is 115 Å². The Morgan fingerprint density at radius 3 is 2.55 bits per heavy atom. The van der Waals surface area contributed by atoms with Gasteiger partial charge >= 0.3 is 5.97 Å². The van der Waals surface area contributed by atoms with Gasteiger partial charge in [0.2, 0.25) is 5.91 Å². The van der Waals surface area contributed by atoms with Crippen molar-refractivity contribution >= 4 is 17.8 Å². The van der Waals surface area contributed by atoms with Crippen molar-refractivity contribution in [2.75, 3.05) is 13.6 Å². The van der Waals surface area contributed by atoms with E-state index in [1.807, 2.05) is 0 Å². The van der Waals surface area contributed by atoms with Crippen LogP contribution in [0.25, 0.3) is 0 Å². The lowest BCUT2D eigenvalue weighted by atomic mass is 10.2. The summed E-state index contributed by atoms with van der Waals surface area (Å²) < 4.78 is 4.90. The number of amides is 2. The highest BCUT2D eigenvalue weighted by molar-refractivity contribution is 5.94. The lowest BCUT2D eigenvalue weighted by molar-refractivity contribution is -0.144. The summed E-state index contributed by atoms with van der Waals surface area (Å²) in [5.74, 6) is -2.48. The maximum absolute atomic E-state index is 11.8. The van der Waals surface area contributed by atoms with E-state index in [4.69, 9.17) is 9.52 Å². The molecule has 2 atom stereocenters. The Balaban J connectivity index is 2.57. The molecule has 110 valence electrons. The highest BCUT2D eigenvalue weighted by Gasteiger charge is 2.26. The second-order valence-electron chi connectivity index (χ2n) is 4.26. The van der Waals surface area contributed by atoms with E-state index in [1.54, 1.807) is 0 Å². The van der Waals surface area contributed by atoms with Crippen LogP contribution in [0.1, 0.15) is 17.5 Å². The number of likely N-dealkylation sites (N-methyl/N-ethyl adjacent to an activating group) is 1. The third kappa shape index (κ3) is 4.09. The first-order chi connectivity index (χ1) is 9.32. The molecule has 1 aromatic heterocycles. The first-order valence-corrected chi connectivity index (χ1v) is 5.82. The van der Waals surface area contributed by atoms with Crippen LogP contribution in [0.15, 0.2) is 22.8 Å². The zero-order valence-corrected chi connectivity index (χ0v) is 11.1. The Hall–Kier alpha value is -2.35. The number of aliphatic hydroxyl groups is 1. The molecule has 0 radical (unpaired) electrons. The molecule has 8 heteroatoms. The normalized spacial score (nSPS) is 13.3. The number of carbonyl (C=O) groups excluding carboxylic acids is 2. The van der Waals surface area contributed by atoms with Crippen LogP contribution < -0.4 is 5.32 Å². The Morgan fingerprint density at radius 2 is 2.10 bits per heavy atom. The van der Waals surface area contributed by atoms with Crippen molar-refractivity contribution < 1.29 is 29.0 Å². The van der Waals surface area contributed by atoms with Crippen LogP contribution >= 0.6 is 0 Å². The van der Waals surface area contributed by atoms with Crippen molar-refractivity contribution in [3.63, 3.8) is 0 Å². The molecule has 3 N–H and O–H groups in total. The molecule has 1 heterocycles. The molecule has 0 saturated carbocycles. The molecule has 20 heavy (non-hydrogen) atoms. The third-order valence-electron chi connectivity index (χ3n) is 2.52. The lowest BCUT2D eigenvalue weighted by Gasteiger charge is -2.20. The SMILES string of the molecule is CC(O)C(NC(=O)CN(C)C(=O)c1ccco1)C(=O)O. The largest absolute Gasteiger partial charge is 0.480 e. The summed E-state index contributed by atoms with van der Waals surface area (Å²) in [7, 11) is 1.38. The average molecular weight is 284 g/mol. The smallest absolute Gasteiger partial charge is 0.328 e. The van der Waals surface area contributed by atoms with E-state index in [0.29, 0.717) is 0 Å². The maximum atomic E-state index is 11.8. The van der Waals surface area contributed by atoms with Crippen LogP contribution in [0.3, 0.4) is 0 Å². The molecular formula is C12H16N2O6. The fraction of sp³-hybridized carbons (Fsp3) is 0.417. The molecule has 1 rings (SSSR count). The van der Waals surface area contributed by atoms with Gasteiger partial charge in [-0.2, -0.15) is 0 Å². The van der Waals surface area contributed by atoms with Crippen molar-refractivity contribution in [1.29, 1.82) is 0 Å². The lowest BCUT2D eigenvalue weighted by Crippen LogP contribution is -2.50. The van der Waals surface area contributed by atoms with Gasteiger partial charge < -0.3 is 24.8 Å². The number of hydrogen-bond donors (Lipinski definition) is 3. The molecule has 0 aliphatic carbocycles. The van der Waals surface area contributed by atoms with Crippen LogP contribution in [0, 0.1) is 0 Å². The van der Waals surface area contributed by atoms with Gasteiger partial charge in [-0.05, 0) is 19.1 Å². The van der Waals surface area contributed by atoms with Crippen LogP contribution in [0.4, 0.5) is 0 Å². The van der Waals surface area contributed by atoms with Gasteiger partial charge in [0.15, 0.2) is 11.8 Å². The van der Waals surface area contributed by atoms with Crippen LogP contribution in [0.2, 0.25) is 0 Å². The molecule has 2 unspecified atom stereocenters.